The molecule has 94 valence electrons. The third kappa shape index (κ3) is 2.24. The van der Waals surface area contributed by atoms with Crippen LogP contribution in [0.5, 0.6) is 0 Å². The zero-order valence-corrected chi connectivity index (χ0v) is 9.75. The Kier molecular flexibility index (Phi) is 3.39. The number of hydrogen-bond donors (Lipinski definition) is 1. The molecule has 1 unspecified atom stereocenters. The van der Waals surface area contributed by atoms with E-state index in [0.29, 0.717) is 0 Å². The molecule has 0 spiro atoms. The summed E-state index contributed by atoms with van der Waals surface area (Å²) in [5.41, 5.74) is 6.71. The molecule has 0 aliphatic rings. The van der Waals surface area contributed by atoms with Gasteiger partial charge in [0.1, 0.15) is 5.82 Å². The molecule has 0 bridgehead atoms. The Balaban J connectivity index is 2.51. The number of halogens is 3. The van der Waals surface area contributed by atoms with Gasteiger partial charge in [-0.25, -0.2) is 13.2 Å². The molecule has 0 saturated heterocycles. The van der Waals surface area contributed by atoms with E-state index < -0.39 is 23.5 Å². The van der Waals surface area contributed by atoms with E-state index in [9.17, 15) is 13.2 Å². The molecular weight excluding hydrogens is 239 g/mol. The van der Waals surface area contributed by atoms with Crippen LogP contribution in [0.3, 0.4) is 0 Å². The van der Waals surface area contributed by atoms with Gasteiger partial charge in [0.05, 0.1) is 6.04 Å². The number of hydrogen-bond acceptors (Lipinski definition) is 1. The van der Waals surface area contributed by atoms with Gasteiger partial charge in [0.15, 0.2) is 11.6 Å². The van der Waals surface area contributed by atoms with Gasteiger partial charge in [-0.1, -0.05) is 29.8 Å². The average molecular weight is 251 g/mol. The van der Waals surface area contributed by atoms with E-state index in [-0.39, 0.29) is 11.1 Å². The number of aryl methyl sites for hydroxylation is 1. The van der Waals surface area contributed by atoms with Gasteiger partial charge >= 0.3 is 0 Å². The molecule has 4 heteroatoms. The van der Waals surface area contributed by atoms with Crippen LogP contribution in [0.4, 0.5) is 13.2 Å². The number of rotatable bonds is 2. The van der Waals surface area contributed by atoms with Crippen LogP contribution >= 0.6 is 0 Å². The van der Waals surface area contributed by atoms with E-state index in [4.69, 9.17) is 5.73 Å². The Hall–Kier alpha value is -1.81. The molecule has 0 amide bonds. The normalized spacial score (nSPS) is 12.5. The van der Waals surface area contributed by atoms with Crippen molar-refractivity contribution in [3.8, 4) is 0 Å². The topological polar surface area (TPSA) is 26.0 Å². The molecule has 0 saturated carbocycles. The molecule has 0 aliphatic heterocycles. The molecule has 0 heterocycles. The van der Waals surface area contributed by atoms with E-state index in [1.807, 2.05) is 0 Å². The van der Waals surface area contributed by atoms with Crippen molar-refractivity contribution in [2.75, 3.05) is 0 Å². The van der Waals surface area contributed by atoms with E-state index in [0.717, 1.165) is 11.6 Å². The van der Waals surface area contributed by atoms with Crippen molar-refractivity contribution in [1.29, 1.82) is 0 Å². The maximum absolute atomic E-state index is 13.6. The summed E-state index contributed by atoms with van der Waals surface area (Å²) in [6, 6.07) is 7.06. The molecule has 0 aliphatic carbocycles. The van der Waals surface area contributed by atoms with Crippen LogP contribution in [-0.4, -0.2) is 0 Å². The lowest BCUT2D eigenvalue weighted by Crippen LogP contribution is -2.16. The second-order valence-electron chi connectivity index (χ2n) is 4.15. The SMILES string of the molecule is Cc1ccc(F)c(C(N)c2cccc(F)c2F)c1. The maximum Gasteiger partial charge on any atom is 0.163 e. The molecule has 2 aromatic carbocycles. The van der Waals surface area contributed by atoms with Gasteiger partial charge in [-0.05, 0) is 19.1 Å². The highest BCUT2D eigenvalue weighted by Gasteiger charge is 2.19. The van der Waals surface area contributed by atoms with Crippen molar-refractivity contribution < 1.29 is 13.2 Å². The lowest BCUT2D eigenvalue weighted by atomic mass is 9.97. The van der Waals surface area contributed by atoms with E-state index in [1.54, 1.807) is 13.0 Å². The highest BCUT2D eigenvalue weighted by Crippen LogP contribution is 2.26. The van der Waals surface area contributed by atoms with Crippen LogP contribution in [-0.2, 0) is 0 Å². The first-order chi connectivity index (χ1) is 8.50. The zero-order chi connectivity index (χ0) is 13.3. The Morgan fingerprint density at radius 1 is 0.944 bits per heavy atom. The first-order valence-corrected chi connectivity index (χ1v) is 5.46. The van der Waals surface area contributed by atoms with Crippen molar-refractivity contribution in [1.82, 2.24) is 0 Å². The van der Waals surface area contributed by atoms with Crippen LogP contribution < -0.4 is 5.73 Å². The lowest BCUT2D eigenvalue weighted by Gasteiger charge is -2.15. The van der Waals surface area contributed by atoms with Gasteiger partial charge in [-0.15, -0.1) is 0 Å². The minimum Gasteiger partial charge on any atom is -0.320 e. The minimum absolute atomic E-state index is 0.0560. The largest absolute Gasteiger partial charge is 0.320 e. The Morgan fingerprint density at radius 2 is 1.67 bits per heavy atom. The molecule has 0 fully saturated rings. The molecule has 2 rings (SSSR count). The summed E-state index contributed by atoms with van der Waals surface area (Å²) in [7, 11) is 0. The van der Waals surface area contributed by atoms with Crippen molar-refractivity contribution in [3.63, 3.8) is 0 Å². The second kappa shape index (κ2) is 4.82. The third-order valence-electron chi connectivity index (χ3n) is 2.80. The first kappa shape index (κ1) is 12.6. The van der Waals surface area contributed by atoms with Crippen molar-refractivity contribution in [2.24, 2.45) is 5.73 Å². The summed E-state index contributed by atoms with van der Waals surface area (Å²) in [6.07, 6.45) is 0. The monoisotopic (exact) mass is 251 g/mol. The standard InChI is InChI=1S/C14H12F3N/c1-8-5-6-11(15)10(7-8)14(18)9-3-2-4-12(16)13(9)17/h2-7,14H,18H2,1H3. The Bertz CT molecular complexity index is 579. The lowest BCUT2D eigenvalue weighted by molar-refractivity contribution is 0.492. The van der Waals surface area contributed by atoms with Gasteiger partial charge < -0.3 is 5.73 Å². The van der Waals surface area contributed by atoms with Gasteiger partial charge in [0.2, 0.25) is 0 Å². The van der Waals surface area contributed by atoms with Gasteiger partial charge in [0, 0.05) is 11.1 Å². The predicted molar refractivity (Wildman–Crippen MR) is 63.5 cm³/mol. The van der Waals surface area contributed by atoms with Gasteiger partial charge in [0.25, 0.3) is 0 Å². The van der Waals surface area contributed by atoms with Crippen LogP contribution in [0.25, 0.3) is 0 Å². The second-order valence-corrected chi connectivity index (χ2v) is 4.15. The third-order valence-corrected chi connectivity index (χ3v) is 2.80. The zero-order valence-electron chi connectivity index (χ0n) is 9.75. The van der Waals surface area contributed by atoms with E-state index in [2.05, 4.69) is 0 Å². The fourth-order valence-electron chi connectivity index (χ4n) is 1.83. The highest BCUT2D eigenvalue weighted by atomic mass is 19.2. The summed E-state index contributed by atoms with van der Waals surface area (Å²) in [4.78, 5) is 0. The molecule has 1 nitrogen and oxygen atoms in total. The fraction of sp³-hybridized carbons (Fsp3) is 0.143. The predicted octanol–water partition coefficient (Wildman–Crippen LogP) is 3.46. The average Bonchev–Trinajstić information content (AvgIpc) is 2.35. The number of nitrogens with two attached hydrogens (primary N) is 1. The Labute approximate surface area is 103 Å². The molecule has 2 aromatic rings. The molecule has 0 aromatic heterocycles. The Morgan fingerprint density at radius 3 is 2.39 bits per heavy atom. The number of benzene rings is 2. The molecule has 1 atom stereocenters. The van der Waals surface area contributed by atoms with Gasteiger partial charge in [-0.2, -0.15) is 0 Å². The molecular formula is C14H12F3N. The van der Waals surface area contributed by atoms with Crippen LogP contribution in [0.15, 0.2) is 36.4 Å². The van der Waals surface area contributed by atoms with E-state index >= 15 is 0 Å². The molecule has 2 N–H and O–H groups in total. The quantitative estimate of drug-likeness (QED) is 0.869. The summed E-state index contributed by atoms with van der Waals surface area (Å²) < 4.78 is 40.3. The minimum atomic E-state index is -1.04. The maximum atomic E-state index is 13.6. The van der Waals surface area contributed by atoms with Crippen LogP contribution in [0.2, 0.25) is 0 Å². The van der Waals surface area contributed by atoms with Crippen molar-refractivity contribution >= 4 is 0 Å². The summed E-state index contributed by atoms with van der Waals surface area (Å²) in [5, 5.41) is 0. The molecule has 0 radical (unpaired) electrons. The van der Waals surface area contributed by atoms with E-state index in [1.165, 1.54) is 24.3 Å². The summed E-state index contributed by atoms with van der Waals surface area (Å²) in [5.74, 6) is -2.56. The summed E-state index contributed by atoms with van der Waals surface area (Å²) >= 11 is 0. The van der Waals surface area contributed by atoms with Crippen molar-refractivity contribution in [3.05, 3.63) is 70.5 Å². The van der Waals surface area contributed by atoms with Crippen LogP contribution in [0, 0.1) is 24.4 Å². The first-order valence-electron chi connectivity index (χ1n) is 5.46. The van der Waals surface area contributed by atoms with Gasteiger partial charge in [-0.3, -0.25) is 0 Å². The molecule has 18 heavy (non-hydrogen) atoms. The van der Waals surface area contributed by atoms with Crippen molar-refractivity contribution in [2.45, 2.75) is 13.0 Å². The summed E-state index contributed by atoms with van der Waals surface area (Å²) in [6.45, 7) is 1.78. The highest BCUT2D eigenvalue weighted by molar-refractivity contribution is 5.35. The fourth-order valence-corrected chi connectivity index (χ4v) is 1.83. The smallest absolute Gasteiger partial charge is 0.163 e. The van der Waals surface area contributed by atoms with Crippen LogP contribution in [0.1, 0.15) is 22.7 Å².